The molecule has 0 unspecified atom stereocenters. The lowest BCUT2D eigenvalue weighted by molar-refractivity contribution is 0.317. The van der Waals surface area contributed by atoms with Gasteiger partial charge in [-0.05, 0) is 37.6 Å². The van der Waals surface area contributed by atoms with E-state index >= 15 is 0 Å². The van der Waals surface area contributed by atoms with Gasteiger partial charge in [0.05, 0.1) is 12.3 Å². The molecular weight excluding hydrogens is 228 g/mol. The first kappa shape index (κ1) is 12.4. The molecule has 1 heterocycles. The van der Waals surface area contributed by atoms with Gasteiger partial charge in [-0.25, -0.2) is 4.98 Å². The molecule has 0 aliphatic rings. The molecule has 0 fully saturated rings. The van der Waals surface area contributed by atoms with E-state index in [1.165, 1.54) is 6.07 Å². The quantitative estimate of drug-likeness (QED) is 0.899. The Morgan fingerprint density at radius 1 is 1.28 bits per heavy atom. The van der Waals surface area contributed by atoms with Gasteiger partial charge in [0, 0.05) is 11.6 Å². The number of benzene rings is 1. The highest BCUT2D eigenvalue weighted by atomic mass is 16.5. The van der Waals surface area contributed by atoms with E-state index in [4.69, 9.17) is 4.74 Å². The maximum absolute atomic E-state index is 11.4. The number of aromatic nitrogens is 2. The Morgan fingerprint density at radius 3 is 2.61 bits per heavy atom. The fourth-order valence-corrected chi connectivity index (χ4v) is 1.67. The lowest BCUT2D eigenvalue weighted by atomic mass is 10.1. The highest BCUT2D eigenvalue weighted by molar-refractivity contribution is 5.59. The summed E-state index contributed by atoms with van der Waals surface area (Å²) in [7, 11) is 0. The van der Waals surface area contributed by atoms with E-state index in [0.29, 0.717) is 18.1 Å². The first-order valence-electron chi connectivity index (χ1n) is 6.00. The molecule has 1 N–H and O–H groups in total. The number of nitrogens with one attached hydrogen (secondary N) is 1. The number of rotatable bonds is 4. The molecule has 1 aromatic heterocycles. The van der Waals surface area contributed by atoms with E-state index in [2.05, 4.69) is 16.9 Å². The van der Waals surface area contributed by atoms with Crippen molar-refractivity contribution in [1.29, 1.82) is 0 Å². The van der Waals surface area contributed by atoms with Crippen molar-refractivity contribution in [2.45, 2.75) is 20.3 Å². The zero-order valence-corrected chi connectivity index (χ0v) is 10.6. The van der Waals surface area contributed by atoms with Crippen molar-refractivity contribution in [3.8, 4) is 17.0 Å². The van der Waals surface area contributed by atoms with Crippen LogP contribution in [0.1, 0.15) is 19.2 Å². The molecule has 0 saturated carbocycles. The van der Waals surface area contributed by atoms with Gasteiger partial charge in [-0.1, -0.05) is 6.92 Å². The second-order valence-electron chi connectivity index (χ2n) is 4.09. The number of hydrogen-bond acceptors (Lipinski definition) is 3. The van der Waals surface area contributed by atoms with Crippen molar-refractivity contribution < 1.29 is 4.74 Å². The van der Waals surface area contributed by atoms with Crippen LogP contribution in [0.2, 0.25) is 0 Å². The third-order valence-electron chi connectivity index (χ3n) is 2.48. The standard InChI is InChI=1S/C14H16N2O2/c1-3-8-18-12-6-4-11(5-7-12)13-9-14(17)16-10(2)15-13/h4-7,9H,3,8H2,1-2H3,(H,15,16,17). The smallest absolute Gasteiger partial charge is 0.251 e. The molecule has 4 heteroatoms. The molecule has 0 amide bonds. The number of hydrogen-bond donors (Lipinski definition) is 1. The van der Waals surface area contributed by atoms with E-state index in [0.717, 1.165) is 17.7 Å². The van der Waals surface area contributed by atoms with Crippen LogP contribution in [0.15, 0.2) is 35.1 Å². The average molecular weight is 244 g/mol. The lowest BCUT2D eigenvalue weighted by Gasteiger charge is -2.06. The summed E-state index contributed by atoms with van der Waals surface area (Å²) < 4.78 is 5.51. The van der Waals surface area contributed by atoms with Crippen LogP contribution < -0.4 is 10.3 Å². The van der Waals surface area contributed by atoms with Gasteiger partial charge >= 0.3 is 0 Å². The van der Waals surface area contributed by atoms with E-state index in [-0.39, 0.29) is 5.56 Å². The monoisotopic (exact) mass is 244 g/mol. The Balaban J connectivity index is 2.25. The summed E-state index contributed by atoms with van der Waals surface area (Å²) in [5.41, 5.74) is 1.45. The van der Waals surface area contributed by atoms with Crippen molar-refractivity contribution in [1.82, 2.24) is 9.97 Å². The number of aromatic amines is 1. The fourth-order valence-electron chi connectivity index (χ4n) is 1.67. The minimum atomic E-state index is -0.135. The molecule has 1 aromatic carbocycles. The van der Waals surface area contributed by atoms with Crippen LogP contribution in [-0.4, -0.2) is 16.6 Å². The predicted octanol–water partition coefficient (Wildman–Crippen LogP) is 2.53. The number of H-pyrrole nitrogens is 1. The van der Waals surface area contributed by atoms with Crippen LogP contribution in [0.25, 0.3) is 11.3 Å². The molecule has 0 radical (unpaired) electrons. The summed E-state index contributed by atoms with van der Waals surface area (Å²) in [6.45, 7) is 4.54. The summed E-state index contributed by atoms with van der Waals surface area (Å²) in [4.78, 5) is 18.3. The minimum absolute atomic E-state index is 0.135. The topological polar surface area (TPSA) is 55.0 Å². The van der Waals surface area contributed by atoms with Crippen LogP contribution in [0.5, 0.6) is 5.75 Å². The van der Waals surface area contributed by atoms with E-state index in [9.17, 15) is 4.79 Å². The number of aryl methyl sites for hydroxylation is 1. The Kier molecular flexibility index (Phi) is 3.77. The molecule has 18 heavy (non-hydrogen) atoms. The first-order chi connectivity index (χ1) is 8.69. The van der Waals surface area contributed by atoms with Crippen LogP contribution in [0.4, 0.5) is 0 Å². The van der Waals surface area contributed by atoms with Crippen molar-refractivity contribution in [3.05, 3.63) is 46.5 Å². The Hall–Kier alpha value is -2.10. The Morgan fingerprint density at radius 2 is 2.00 bits per heavy atom. The number of ether oxygens (including phenoxy) is 1. The second kappa shape index (κ2) is 5.49. The highest BCUT2D eigenvalue weighted by Gasteiger charge is 2.02. The lowest BCUT2D eigenvalue weighted by Crippen LogP contribution is -2.08. The van der Waals surface area contributed by atoms with E-state index in [1.807, 2.05) is 24.3 Å². The highest BCUT2D eigenvalue weighted by Crippen LogP contribution is 2.19. The summed E-state index contributed by atoms with van der Waals surface area (Å²) in [6, 6.07) is 9.10. The molecular formula is C14H16N2O2. The molecule has 2 rings (SSSR count). The molecule has 0 spiro atoms. The normalized spacial score (nSPS) is 10.3. The zero-order valence-electron chi connectivity index (χ0n) is 10.6. The first-order valence-corrected chi connectivity index (χ1v) is 6.00. The van der Waals surface area contributed by atoms with Crippen LogP contribution in [-0.2, 0) is 0 Å². The van der Waals surface area contributed by atoms with Crippen molar-refractivity contribution >= 4 is 0 Å². The average Bonchev–Trinajstić information content (AvgIpc) is 2.36. The second-order valence-corrected chi connectivity index (χ2v) is 4.09. The van der Waals surface area contributed by atoms with Crippen molar-refractivity contribution in [2.24, 2.45) is 0 Å². The summed E-state index contributed by atoms with van der Waals surface area (Å²) in [6.07, 6.45) is 0.983. The maximum atomic E-state index is 11.4. The van der Waals surface area contributed by atoms with Gasteiger partial charge < -0.3 is 9.72 Å². The van der Waals surface area contributed by atoms with Gasteiger partial charge in [0.25, 0.3) is 5.56 Å². The molecule has 0 bridgehead atoms. The third-order valence-corrected chi connectivity index (χ3v) is 2.48. The molecule has 0 aliphatic carbocycles. The van der Waals surface area contributed by atoms with Gasteiger partial charge in [0.15, 0.2) is 0 Å². The summed E-state index contributed by atoms with van der Waals surface area (Å²) in [5, 5.41) is 0. The molecule has 0 atom stereocenters. The van der Waals surface area contributed by atoms with Gasteiger partial charge in [-0.3, -0.25) is 4.79 Å². The van der Waals surface area contributed by atoms with Crippen LogP contribution >= 0.6 is 0 Å². The largest absolute Gasteiger partial charge is 0.494 e. The van der Waals surface area contributed by atoms with Gasteiger partial charge in [-0.2, -0.15) is 0 Å². The van der Waals surface area contributed by atoms with Gasteiger partial charge in [0.2, 0.25) is 0 Å². The summed E-state index contributed by atoms with van der Waals surface area (Å²) >= 11 is 0. The zero-order chi connectivity index (χ0) is 13.0. The van der Waals surface area contributed by atoms with E-state index in [1.54, 1.807) is 6.92 Å². The van der Waals surface area contributed by atoms with Crippen molar-refractivity contribution in [3.63, 3.8) is 0 Å². The maximum Gasteiger partial charge on any atom is 0.251 e. The number of nitrogens with zero attached hydrogens (tertiary/aromatic N) is 1. The van der Waals surface area contributed by atoms with Gasteiger partial charge in [-0.15, -0.1) is 0 Å². The molecule has 0 saturated heterocycles. The summed E-state index contributed by atoms with van der Waals surface area (Å²) in [5.74, 6) is 1.45. The third kappa shape index (κ3) is 2.97. The van der Waals surface area contributed by atoms with E-state index < -0.39 is 0 Å². The van der Waals surface area contributed by atoms with Crippen molar-refractivity contribution in [2.75, 3.05) is 6.61 Å². The molecule has 94 valence electrons. The molecule has 2 aromatic rings. The predicted molar refractivity (Wildman–Crippen MR) is 70.8 cm³/mol. The fraction of sp³-hybridized carbons (Fsp3) is 0.286. The SMILES string of the molecule is CCCOc1ccc(-c2cc(=O)[nH]c(C)n2)cc1. The minimum Gasteiger partial charge on any atom is -0.494 e. The Bertz CT molecular complexity index is 573. The molecule has 4 nitrogen and oxygen atoms in total. The molecule has 0 aliphatic heterocycles. The Labute approximate surface area is 106 Å². The van der Waals surface area contributed by atoms with Crippen LogP contribution in [0, 0.1) is 6.92 Å². The van der Waals surface area contributed by atoms with Crippen LogP contribution in [0.3, 0.4) is 0 Å². The van der Waals surface area contributed by atoms with Gasteiger partial charge in [0.1, 0.15) is 11.6 Å².